The average Bonchev–Trinajstić information content (AvgIpc) is 1.59. The lowest BCUT2D eigenvalue weighted by molar-refractivity contribution is 0.646. The number of benzene rings is 6. The van der Waals surface area contributed by atoms with E-state index in [2.05, 4.69) is 288 Å². The lowest BCUT2D eigenvalue weighted by Gasteiger charge is -2.31. The van der Waals surface area contributed by atoms with Gasteiger partial charge in [-0.2, -0.15) is 0 Å². The smallest absolute Gasteiger partial charge is 0.227 e. The SMILES string of the molecule is Cc1ccc2c(n1)oc1c(N3c4ccccc4N(c4ccccc4)C3C)c(C)ccc12.Cc1ccc2c(n1)oc1c(N3c4cccnc4N(C)C3C)c(C)ccc12.Cc1ccc2c(n1)oc1c(N3c4ncccc4N(C)C3C)c(C)ccc12.Cc1ccc2c(n1)oc1c(N3c4nccnc4N(C)C3C)c(C)ccc12. The predicted molar refractivity (Wildman–Crippen MR) is 441 cm³/mol. The summed E-state index contributed by atoms with van der Waals surface area (Å²) in [5, 5.41) is 8.55. The molecule has 6 aromatic carbocycles. The summed E-state index contributed by atoms with van der Waals surface area (Å²) in [6.07, 6.45) is 7.61. The highest BCUT2D eigenvalue weighted by molar-refractivity contribution is 6.14. The first-order valence-corrected chi connectivity index (χ1v) is 37.0. The highest BCUT2D eigenvalue weighted by Crippen LogP contribution is 2.53. The van der Waals surface area contributed by atoms with Crippen LogP contribution in [0.1, 0.15) is 72.7 Å². The molecule has 0 amide bonds. The van der Waals surface area contributed by atoms with E-state index in [4.69, 9.17) is 17.7 Å². The van der Waals surface area contributed by atoms with Crippen LogP contribution in [0.4, 0.5) is 74.5 Å². The summed E-state index contributed by atoms with van der Waals surface area (Å²) in [5.74, 6) is 3.67. The second-order valence-corrected chi connectivity index (χ2v) is 29.0. The van der Waals surface area contributed by atoms with Crippen molar-refractivity contribution in [2.24, 2.45) is 0 Å². The molecular formula is C89H82N16O4. The van der Waals surface area contributed by atoms with Gasteiger partial charge in [0.25, 0.3) is 0 Å². The number of nitrogens with zero attached hydrogens (tertiary/aromatic N) is 16. The fourth-order valence-electron chi connectivity index (χ4n) is 16.4. The third-order valence-electron chi connectivity index (χ3n) is 22.2. The molecule has 0 aliphatic carbocycles. The zero-order valence-corrected chi connectivity index (χ0v) is 63.7. The van der Waals surface area contributed by atoms with Crippen LogP contribution in [0.3, 0.4) is 0 Å². The molecule has 109 heavy (non-hydrogen) atoms. The van der Waals surface area contributed by atoms with Gasteiger partial charge in [0, 0.05) is 117 Å². The van der Waals surface area contributed by atoms with E-state index in [0.717, 1.165) is 157 Å². The number of para-hydroxylation sites is 3. The Morgan fingerprint density at radius 3 is 1.03 bits per heavy atom. The van der Waals surface area contributed by atoms with Gasteiger partial charge in [0.1, 0.15) is 24.7 Å². The van der Waals surface area contributed by atoms with Crippen molar-refractivity contribution >= 4 is 163 Å². The first-order valence-electron chi connectivity index (χ1n) is 37.0. The number of anilines is 13. The fraction of sp³-hybridized carbons (Fsp3) is 0.213. The minimum absolute atomic E-state index is 0.0830. The Balaban J connectivity index is 0.000000103. The molecule has 0 spiro atoms. The molecule has 0 radical (unpaired) electrons. The van der Waals surface area contributed by atoms with Crippen molar-refractivity contribution in [3.63, 3.8) is 0 Å². The second kappa shape index (κ2) is 26.1. The zero-order chi connectivity index (χ0) is 75.1. The third kappa shape index (κ3) is 10.8. The summed E-state index contributed by atoms with van der Waals surface area (Å²) < 4.78 is 25.1. The number of pyridine rings is 6. The minimum Gasteiger partial charge on any atom is -0.435 e. The van der Waals surface area contributed by atoms with E-state index < -0.39 is 0 Å². The van der Waals surface area contributed by atoms with Crippen molar-refractivity contribution < 1.29 is 17.7 Å². The summed E-state index contributed by atoms with van der Waals surface area (Å²) in [4.78, 5) is 54.8. The molecule has 15 heterocycles. The molecule has 4 unspecified atom stereocenters. The van der Waals surface area contributed by atoms with Crippen molar-refractivity contribution in [3.05, 3.63) is 246 Å². The molecule has 0 bridgehead atoms. The first kappa shape index (κ1) is 67.8. The summed E-state index contributed by atoms with van der Waals surface area (Å²) >= 11 is 0. The van der Waals surface area contributed by atoms with E-state index in [1.807, 2.05) is 83.5 Å². The van der Waals surface area contributed by atoms with Gasteiger partial charge in [-0.25, -0.2) is 39.9 Å². The van der Waals surface area contributed by atoms with Crippen LogP contribution < -0.4 is 39.2 Å². The van der Waals surface area contributed by atoms with Crippen LogP contribution in [-0.4, -0.2) is 85.7 Å². The first-order chi connectivity index (χ1) is 52.8. The molecule has 20 nitrogen and oxygen atoms in total. The Hall–Kier alpha value is -13.1. The van der Waals surface area contributed by atoms with Crippen LogP contribution in [0.5, 0.6) is 0 Å². The highest BCUT2D eigenvalue weighted by atomic mass is 16.4. The van der Waals surface area contributed by atoms with Gasteiger partial charge in [-0.05, 0) is 202 Å². The van der Waals surface area contributed by atoms with Gasteiger partial charge < -0.3 is 52.0 Å². The van der Waals surface area contributed by atoms with Crippen molar-refractivity contribution in [2.75, 3.05) is 60.3 Å². The minimum atomic E-state index is 0.0830. The molecule has 0 fully saturated rings. The third-order valence-corrected chi connectivity index (χ3v) is 22.2. The van der Waals surface area contributed by atoms with Crippen molar-refractivity contribution in [2.45, 2.75) is 108 Å². The van der Waals surface area contributed by atoms with E-state index in [0.29, 0.717) is 22.9 Å². The Morgan fingerprint density at radius 1 is 0.257 bits per heavy atom. The lowest BCUT2D eigenvalue weighted by Crippen LogP contribution is -2.36. The molecule has 20 heteroatoms. The lowest BCUT2D eigenvalue weighted by atomic mass is 10.1. The number of furan rings is 4. The van der Waals surface area contributed by atoms with Crippen LogP contribution in [0, 0.1) is 55.4 Å². The summed E-state index contributed by atoms with van der Waals surface area (Å²) in [6, 6.07) is 61.0. The van der Waals surface area contributed by atoms with Crippen LogP contribution in [0.2, 0.25) is 0 Å². The maximum Gasteiger partial charge on any atom is 0.227 e. The maximum atomic E-state index is 6.39. The van der Waals surface area contributed by atoms with Gasteiger partial charge in [0.2, 0.25) is 22.9 Å². The highest BCUT2D eigenvalue weighted by Gasteiger charge is 2.41. The van der Waals surface area contributed by atoms with E-state index in [1.165, 1.54) is 28.2 Å². The molecule has 17 aromatic rings. The quantitative estimate of drug-likeness (QED) is 0.158. The second-order valence-electron chi connectivity index (χ2n) is 29.0. The van der Waals surface area contributed by atoms with Gasteiger partial charge in [-0.15, -0.1) is 0 Å². The molecule has 4 atom stereocenters. The molecule has 4 aliphatic heterocycles. The Morgan fingerprint density at radius 2 is 0.578 bits per heavy atom. The maximum absolute atomic E-state index is 6.39. The van der Waals surface area contributed by atoms with E-state index >= 15 is 0 Å². The number of aromatic nitrogens is 8. The number of hydrogen-bond donors (Lipinski definition) is 0. The molecule has 0 saturated heterocycles. The monoisotopic (exact) mass is 1440 g/mol. The molecule has 11 aromatic heterocycles. The topological polar surface area (TPSA) is 182 Å². The Kier molecular flexibility index (Phi) is 16.3. The van der Waals surface area contributed by atoms with E-state index in [9.17, 15) is 0 Å². The Bertz CT molecular complexity index is 6040. The standard InChI is InChI=1S/C27H23N3O.2C21H20N4O.C20H19N5O/c1-17-13-15-21-22-16-14-18(2)28-27(22)31-26(21)25(17)30-19(3)29(20-9-5-4-6-10-20)23-11-7-8-12-24(23)30;1-12-7-9-15-16-10-8-13(2)23-21(16)26-19(15)18(12)25-14(3)24(4)20-17(25)6-5-11-22-20;1-12-7-9-15-16-10-8-13(2)23-21(16)26-19(15)18(12)25-14(3)24(4)17-6-5-11-22-20(17)25;1-11-5-7-14-15-8-6-12(2)23-20(15)26-17(14)16(11)25-13(3)24(4)18-19(25)22-10-9-21-18/h4-16,19H,1-3H3;2*5-11,14H,1-4H3;5-10,13H,1-4H3. The molecule has 4 aliphatic rings. The van der Waals surface area contributed by atoms with Gasteiger partial charge >= 0.3 is 0 Å². The van der Waals surface area contributed by atoms with E-state index in [1.54, 1.807) is 12.4 Å². The molecule has 542 valence electrons. The van der Waals surface area contributed by atoms with Crippen LogP contribution in [0.25, 0.3) is 88.3 Å². The predicted octanol–water partition coefficient (Wildman–Crippen LogP) is 21.4. The molecule has 21 rings (SSSR count). The molecule has 0 N–H and O–H groups in total. The van der Waals surface area contributed by atoms with Crippen molar-refractivity contribution in [1.82, 2.24) is 39.9 Å². The average molecular weight is 1440 g/mol. The summed E-state index contributed by atoms with van der Waals surface area (Å²) in [6.45, 7) is 25.2. The van der Waals surface area contributed by atoms with Crippen molar-refractivity contribution in [1.29, 1.82) is 0 Å². The van der Waals surface area contributed by atoms with Gasteiger partial charge in [-0.1, -0.05) is 78.9 Å². The molecule has 0 saturated carbocycles. The van der Waals surface area contributed by atoms with Gasteiger partial charge in [-0.3, -0.25) is 4.90 Å². The van der Waals surface area contributed by atoms with E-state index in [-0.39, 0.29) is 24.7 Å². The number of rotatable bonds is 5. The fourth-order valence-corrected chi connectivity index (χ4v) is 16.4. The van der Waals surface area contributed by atoms with Crippen LogP contribution in [0.15, 0.2) is 218 Å². The number of aryl methyl sites for hydroxylation is 8. The zero-order valence-electron chi connectivity index (χ0n) is 63.7. The van der Waals surface area contributed by atoms with Crippen molar-refractivity contribution in [3.8, 4) is 0 Å². The Labute approximate surface area is 630 Å². The van der Waals surface area contributed by atoms with Gasteiger partial charge in [0.05, 0.1) is 45.5 Å². The summed E-state index contributed by atoms with van der Waals surface area (Å²) in [5.41, 5.74) is 24.8. The van der Waals surface area contributed by atoms with Crippen LogP contribution >= 0.6 is 0 Å². The van der Waals surface area contributed by atoms with Crippen LogP contribution in [-0.2, 0) is 0 Å². The molecular weight excluding hydrogens is 1360 g/mol. The normalized spacial score (nSPS) is 16.4. The number of hydrogen-bond acceptors (Lipinski definition) is 20. The summed E-state index contributed by atoms with van der Waals surface area (Å²) in [7, 11) is 6.22. The number of fused-ring (bicyclic) bond motifs is 16. The largest absolute Gasteiger partial charge is 0.435 e. The van der Waals surface area contributed by atoms with Gasteiger partial charge in [0.15, 0.2) is 45.6 Å².